The SMILES string of the molecule is COC(=O)c1ccc(C(=O)NCC2(c3ccc(F)cc3)CCOCC2)nc1. The van der Waals surface area contributed by atoms with Crippen LogP contribution in [0.2, 0.25) is 0 Å². The van der Waals surface area contributed by atoms with Crippen molar-refractivity contribution in [3.63, 3.8) is 0 Å². The third-order valence-corrected chi connectivity index (χ3v) is 4.91. The van der Waals surface area contributed by atoms with Crippen molar-refractivity contribution >= 4 is 11.9 Å². The number of ether oxygens (including phenoxy) is 2. The summed E-state index contributed by atoms with van der Waals surface area (Å²) >= 11 is 0. The zero-order valence-corrected chi connectivity index (χ0v) is 15.0. The maximum Gasteiger partial charge on any atom is 0.339 e. The second kappa shape index (κ2) is 8.26. The van der Waals surface area contributed by atoms with Crippen molar-refractivity contribution in [2.24, 2.45) is 0 Å². The van der Waals surface area contributed by atoms with Gasteiger partial charge in [-0.25, -0.2) is 9.18 Å². The number of aromatic nitrogens is 1. The van der Waals surface area contributed by atoms with Gasteiger partial charge in [-0.1, -0.05) is 12.1 Å². The molecule has 1 aromatic heterocycles. The van der Waals surface area contributed by atoms with E-state index in [4.69, 9.17) is 4.74 Å². The molecule has 2 aromatic rings. The van der Waals surface area contributed by atoms with Crippen LogP contribution in [0.1, 0.15) is 39.3 Å². The molecule has 0 atom stereocenters. The summed E-state index contributed by atoms with van der Waals surface area (Å²) < 4.78 is 23.4. The van der Waals surface area contributed by atoms with Crippen molar-refractivity contribution < 1.29 is 23.5 Å². The number of hydrogen-bond acceptors (Lipinski definition) is 5. The number of carbonyl (C=O) groups excluding carboxylic acids is 2. The van der Waals surface area contributed by atoms with E-state index in [-0.39, 0.29) is 28.4 Å². The number of nitrogens with zero attached hydrogens (tertiary/aromatic N) is 1. The molecule has 27 heavy (non-hydrogen) atoms. The molecule has 1 amide bonds. The average molecular weight is 372 g/mol. The van der Waals surface area contributed by atoms with Crippen LogP contribution in [0, 0.1) is 5.82 Å². The lowest BCUT2D eigenvalue weighted by Gasteiger charge is -2.38. The molecule has 142 valence electrons. The van der Waals surface area contributed by atoms with E-state index in [9.17, 15) is 14.0 Å². The summed E-state index contributed by atoms with van der Waals surface area (Å²) in [5.41, 5.74) is 1.15. The van der Waals surface area contributed by atoms with Crippen LogP contribution < -0.4 is 5.32 Å². The molecule has 1 aliphatic rings. The molecule has 7 heteroatoms. The molecule has 3 rings (SSSR count). The fourth-order valence-electron chi connectivity index (χ4n) is 3.24. The van der Waals surface area contributed by atoms with Crippen molar-refractivity contribution in [1.29, 1.82) is 0 Å². The fraction of sp³-hybridized carbons (Fsp3) is 0.350. The van der Waals surface area contributed by atoms with Gasteiger partial charge in [-0.05, 0) is 42.7 Å². The average Bonchev–Trinajstić information content (AvgIpc) is 2.72. The normalized spacial score (nSPS) is 15.8. The molecule has 1 N–H and O–H groups in total. The monoisotopic (exact) mass is 372 g/mol. The van der Waals surface area contributed by atoms with Crippen molar-refractivity contribution in [1.82, 2.24) is 10.3 Å². The number of benzene rings is 1. The first-order valence-electron chi connectivity index (χ1n) is 8.70. The largest absolute Gasteiger partial charge is 0.465 e. The number of rotatable bonds is 5. The molecule has 0 radical (unpaired) electrons. The summed E-state index contributed by atoms with van der Waals surface area (Å²) in [5.74, 6) is -1.13. The van der Waals surface area contributed by atoms with Gasteiger partial charge in [0.05, 0.1) is 12.7 Å². The fourth-order valence-corrected chi connectivity index (χ4v) is 3.24. The summed E-state index contributed by atoms with van der Waals surface area (Å²) in [6.45, 7) is 1.56. The van der Waals surface area contributed by atoms with E-state index in [1.165, 1.54) is 37.6 Å². The maximum absolute atomic E-state index is 13.3. The minimum atomic E-state index is -0.507. The summed E-state index contributed by atoms with van der Waals surface area (Å²) in [5, 5.41) is 2.92. The van der Waals surface area contributed by atoms with Crippen LogP contribution in [-0.4, -0.2) is 43.7 Å². The van der Waals surface area contributed by atoms with Crippen LogP contribution in [0.3, 0.4) is 0 Å². The summed E-state index contributed by atoms with van der Waals surface area (Å²) in [6, 6.07) is 9.36. The Hall–Kier alpha value is -2.80. The quantitative estimate of drug-likeness (QED) is 0.816. The summed E-state index contributed by atoms with van der Waals surface area (Å²) in [7, 11) is 1.28. The van der Waals surface area contributed by atoms with E-state index in [0.29, 0.717) is 19.8 Å². The highest BCUT2D eigenvalue weighted by molar-refractivity contribution is 5.94. The number of methoxy groups -OCH3 is 1. The molecule has 1 fully saturated rings. The van der Waals surface area contributed by atoms with Gasteiger partial charge in [-0.15, -0.1) is 0 Å². The van der Waals surface area contributed by atoms with Gasteiger partial charge >= 0.3 is 5.97 Å². The molecule has 0 spiro atoms. The van der Waals surface area contributed by atoms with E-state index in [1.807, 2.05) is 0 Å². The third kappa shape index (κ3) is 4.31. The van der Waals surface area contributed by atoms with E-state index in [1.54, 1.807) is 12.1 Å². The Morgan fingerprint density at radius 2 is 1.89 bits per heavy atom. The first kappa shape index (κ1) is 19.0. The van der Waals surface area contributed by atoms with E-state index >= 15 is 0 Å². The molecule has 2 heterocycles. The van der Waals surface area contributed by atoms with Gasteiger partial charge < -0.3 is 14.8 Å². The third-order valence-electron chi connectivity index (χ3n) is 4.91. The molecular weight excluding hydrogens is 351 g/mol. The zero-order valence-electron chi connectivity index (χ0n) is 15.0. The lowest BCUT2D eigenvalue weighted by molar-refractivity contribution is 0.0486. The van der Waals surface area contributed by atoms with E-state index in [0.717, 1.165) is 18.4 Å². The highest BCUT2D eigenvalue weighted by Crippen LogP contribution is 2.34. The number of amides is 1. The predicted octanol–water partition coefficient (Wildman–Crippen LogP) is 2.49. The van der Waals surface area contributed by atoms with E-state index in [2.05, 4.69) is 15.0 Å². The van der Waals surface area contributed by atoms with E-state index < -0.39 is 5.97 Å². The zero-order chi connectivity index (χ0) is 19.3. The molecule has 6 nitrogen and oxygen atoms in total. The Balaban J connectivity index is 1.72. The molecule has 1 aromatic carbocycles. The summed E-state index contributed by atoms with van der Waals surface area (Å²) in [4.78, 5) is 28.0. The van der Waals surface area contributed by atoms with Gasteiger partial charge in [0.15, 0.2) is 0 Å². The number of esters is 1. The highest BCUT2D eigenvalue weighted by atomic mass is 19.1. The predicted molar refractivity (Wildman–Crippen MR) is 96.0 cm³/mol. The second-order valence-corrected chi connectivity index (χ2v) is 6.51. The lowest BCUT2D eigenvalue weighted by Crippen LogP contribution is -2.44. The van der Waals surface area contributed by atoms with Gasteiger partial charge in [-0.2, -0.15) is 0 Å². The maximum atomic E-state index is 13.3. The Morgan fingerprint density at radius 1 is 1.19 bits per heavy atom. The van der Waals surface area contributed by atoms with Crippen molar-refractivity contribution in [2.75, 3.05) is 26.9 Å². The Kier molecular flexibility index (Phi) is 5.81. The number of carbonyl (C=O) groups is 2. The summed E-state index contributed by atoms with van der Waals surface area (Å²) in [6.07, 6.45) is 2.77. The van der Waals surface area contributed by atoms with Gasteiger partial charge in [0.1, 0.15) is 11.5 Å². The van der Waals surface area contributed by atoms with Crippen LogP contribution in [0.15, 0.2) is 42.6 Å². The topological polar surface area (TPSA) is 77.5 Å². The minimum absolute atomic E-state index is 0.212. The molecular formula is C20H21FN2O4. The second-order valence-electron chi connectivity index (χ2n) is 6.51. The molecule has 1 aliphatic heterocycles. The first-order valence-corrected chi connectivity index (χ1v) is 8.70. The number of hydrogen-bond donors (Lipinski definition) is 1. The number of nitrogens with one attached hydrogen (secondary N) is 1. The number of pyridine rings is 1. The van der Waals surface area contributed by atoms with Crippen LogP contribution in [-0.2, 0) is 14.9 Å². The smallest absolute Gasteiger partial charge is 0.339 e. The van der Waals surface area contributed by atoms with Gasteiger partial charge in [0, 0.05) is 31.4 Å². The minimum Gasteiger partial charge on any atom is -0.465 e. The standard InChI is InChI=1S/C20H21FN2O4/c1-26-19(25)14-2-7-17(22-12-14)18(24)23-13-20(8-10-27-11-9-20)15-3-5-16(21)6-4-15/h2-7,12H,8-11,13H2,1H3,(H,23,24). The van der Waals surface area contributed by atoms with Crippen LogP contribution in [0.5, 0.6) is 0 Å². The molecule has 0 unspecified atom stereocenters. The Morgan fingerprint density at radius 3 is 2.48 bits per heavy atom. The van der Waals surface area contributed by atoms with Crippen LogP contribution in [0.4, 0.5) is 4.39 Å². The van der Waals surface area contributed by atoms with Crippen molar-refractivity contribution in [2.45, 2.75) is 18.3 Å². The molecule has 1 saturated heterocycles. The van der Waals surface area contributed by atoms with Crippen molar-refractivity contribution in [3.05, 3.63) is 65.2 Å². The van der Waals surface area contributed by atoms with Gasteiger partial charge in [0.2, 0.25) is 0 Å². The van der Waals surface area contributed by atoms with Crippen molar-refractivity contribution in [3.8, 4) is 0 Å². The number of halogens is 1. The molecule has 0 saturated carbocycles. The van der Waals surface area contributed by atoms with Crippen LogP contribution in [0.25, 0.3) is 0 Å². The van der Waals surface area contributed by atoms with Crippen LogP contribution >= 0.6 is 0 Å². The Bertz CT molecular complexity index is 800. The lowest BCUT2D eigenvalue weighted by atomic mass is 9.74. The highest BCUT2D eigenvalue weighted by Gasteiger charge is 2.35. The Labute approximate surface area is 156 Å². The van der Waals surface area contributed by atoms with Gasteiger partial charge in [-0.3, -0.25) is 9.78 Å². The molecule has 0 aliphatic carbocycles. The first-order chi connectivity index (χ1) is 13.0. The molecule has 0 bridgehead atoms. The van der Waals surface area contributed by atoms with Gasteiger partial charge in [0.25, 0.3) is 5.91 Å².